The lowest BCUT2D eigenvalue weighted by molar-refractivity contribution is 0.296. The van der Waals surface area contributed by atoms with E-state index in [-0.39, 0.29) is 6.61 Å². The van der Waals surface area contributed by atoms with E-state index in [1.54, 1.807) is 24.0 Å². The molecule has 3 N–H and O–H groups in total. The number of hydrogen-bond acceptors (Lipinski definition) is 5. The van der Waals surface area contributed by atoms with E-state index in [1.807, 2.05) is 0 Å². The zero-order valence-electron chi connectivity index (χ0n) is 6.60. The topological polar surface area (TPSA) is 72.0 Å². The molecule has 0 saturated heterocycles. The highest BCUT2D eigenvalue weighted by Gasteiger charge is 1.95. The van der Waals surface area contributed by atoms with Crippen molar-refractivity contribution in [1.82, 2.24) is 9.97 Å². The predicted molar refractivity (Wildman–Crippen MR) is 48.9 cm³/mol. The second kappa shape index (κ2) is 4.95. The van der Waals surface area contributed by atoms with Crippen LogP contribution in [0.3, 0.4) is 0 Å². The number of aromatic nitrogens is 2. The van der Waals surface area contributed by atoms with E-state index in [9.17, 15) is 0 Å². The van der Waals surface area contributed by atoms with Gasteiger partial charge in [0.05, 0.1) is 0 Å². The lowest BCUT2D eigenvalue weighted by Gasteiger charge is -1.98. The van der Waals surface area contributed by atoms with Gasteiger partial charge < -0.3 is 10.8 Å². The Bertz CT molecular complexity index is 244. The molecule has 1 rings (SSSR count). The molecule has 12 heavy (non-hydrogen) atoms. The summed E-state index contributed by atoms with van der Waals surface area (Å²) in [6, 6.07) is 1.80. The summed E-state index contributed by atoms with van der Waals surface area (Å²) in [6.45, 7) is 0.216. The molecule has 0 aliphatic heterocycles. The summed E-state index contributed by atoms with van der Waals surface area (Å²) in [6.07, 6.45) is 2.40. The molecule has 0 aliphatic carbocycles. The van der Waals surface area contributed by atoms with Crippen molar-refractivity contribution in [2.24, 2.45) is 0 Å². The number of nitrogen functional groups attached to an aromatic ring is 1. The SMILES string of the molecule is Nc1nccc(SCCCO)n1. The van der Waals surface area contributed by atoms with Gasteiger partial charge in [0.25, 0.3) is 0 Å². The van der Waals surface area contributed by atoms with Gasteiger partial charge in [-0.05, 0) is 12.5 Å². The molecular weight excluding hydrogens is 174 g/mol. The summed E-state index contributed by atoms with van der Waals surface area (Å²) in [7, 11) is 0. The van der Waals surface area contributed by atoms with Gasteiger partial charge in [-0.3, -0.25) is 0 Å². The predicted octanol–water partition coefficient (Wildman–Crippen LogP) is 0.533. The normalized spacial score (nSPS) is 10.1. The highest BCUT2D eigenvalue weighted by molar-refractivity contribution is 7.99. The van der Waals surface area contributed by atoms with E-state index in [2.05, 4.69) is 9.97 Å². The Balaban J connectivity index is 2.41. The van der Waals surface area contributed by atoms with Gasteiger partial charge in [-0.2, -0.15) is 0 Å². The molecule has 5 heteroatoms. The molecule has 4 nitrogen and oxygen atoms in total. The number of hydrogen-bond donors (Lipinski definition) is 2. The highest BCUT2D eigenvalue weighted by Crippen LogP contribution is 2.15. The third-order valence-electron chi connectivity index (χ3n) is 1.20. The van der Waals surface area contributed by atoms with Crippen molar-refractivity contribution in [2.75, 3.05) is 18.1 Å². The number of rotatable bonds is 4. The van der Waals surface area contributed by atoms with Gasteiger partial charge in [0.15, 0.2) is 0 Å². The fourth-order valence-electron chi connectivity index (χ4n) is 0.678. The van der Waals surface area contributed by atoms with Gasteiger partial charge >= 0.3 is 0 Å². The van der Waals surface area contributed by atoms with Crippen LogP contribution in [0.25, 0.3) is 0 Å². The maximum atomic E-state index is 8.53. The lowest BCUT2D eigenvalue weighted by Crippen LogP contribution is -1.95. The first-order valence-electron chi connectivity index (χ1n) is 3.65. The molecule has 1 aromatic rings. The van der Waals surface area contributed by atoms with Gasteiger partial charge in [-0.15, -0.1) is 11.8 Å². The first-order valence-corrected chi connectivity index (χ1v) is 4.63. The molecule has 0 atom stereocenters. The number of nitrogens with two attached hydrogens (primary N) is 1. The van der Waals surface area contributed by atoms with Crippen LogP contribution in [0, 0.1) is 0 Å². The Morgan fingerprint density at radius 2 is 2.42 bits per heavy atom. The first-order chi connectivity index (χ1) is 5.83. The Morgan fingerprint density at radius 3 is 3.08 bits per heavy atom. The van der Waals surface area contributed by atoms with E-state index in [0.29, 0.717) is 5.95 Å². The van der Waals surface area contributed by atoms with Gasteiger partial charge in [-0.25, -0.2) is 9.97 Å². The summed E-state index contributed by atoms with van der Waals surface area (Å²) in [5.41, 5.74) is 5.38. The molecule has 0 radical (unpaired) electrons. The molecule has 1 heterocycles. The summed E-state index contributed by atoms with van der Waals surface area (Å²) in [5, 5.41) is 9.39. The van der Waals surface area contributed by atoms with Crippen molar-refractivity contribution in [3.05, 3.63) is 12.3 Å². The minimum Gasteiger partial charge on any atom is -0.396 e. The standard InChI is InChI=1S/C7H11N3OS/c8-7-9-3-2-6(10-7)12-5-1-4-11/h2-3,11H,1,4-5H2,(H2,8,9,10). The number of nitrogens with zero attached hydrogens (tertiary/aromatic N) is 2. The quantitative estimate of drug-likeness (QED) is 0.407. The van der Waals surface area contributed by atoms with Crippen LogP contribution in [0.2, 0.25) is 0 Å². The Labute approximate surface area is 75.2 Å². The minimum atomic E-state index is 0.216. The van der Waals surface area contributed by atoms with E-state index in [1.165, 1.54) is 0 Å². The zero-order valence-corrected chi connectivity index (χ0v) is 7.42. The Morgan fingerprint density at radius 1 is 1.58 bits per heavy atom. The second-order valence-corrected chi connectivity index (χ2v) is 3.29. The van der Waals surface area contributed by atoms with Gasteiger partial charge in [-0.1, -0.05) is 0 Å². The fourth-order valence-corrected chi connectivity index (χ4v) is 1.48. The maximum Gasteiger partial charge on any atom is 0.221 e. The maximum absolute atomic E-state index is 8.53. The Hall–Kier alpha value is -0.810. The monoisotopic (exact) mass is 185 g/mol. The van der Waals surface area contributed by atoms with Crippen LogP contribution in [0.5, 0.6) is 0 Å². The second-order valence-electron chi connectivity index (χ2n) is 2.18. The van der Waals surface area contributed by atoms with E-state index in [4.69, 9.17) is 10.8 Å². The Kier molecular flexibility index (Phi) is 3.83. The smallest absolute Gasteiger partial charge is 0.221 e. The third kappa shape index (κ3) is 3.06. The average Bonchev–Trinajstić information content (AvgIpc) is 2.05. The van der Waals surface area contributed by atoms with Crippen molar-refractivity contribution in [3.63, 3.8) is 0 Å². The molecule has 0 unspecified atom stereocenters. The number of thioether (sulfide) groups is 1. The van der Waals surface area contributed by atoms with Crippen molar-refractivity contribution in [1.29, 1.82) is 0 Å². The molecule has 0 aromatic carbocycles. The zero-order chi connectivity index (χ0) is 8.81. The lowest BCUT2D eigenvalue weighted by atomic mass is 10.5. The van der Waals surface area contributed by atoms with Gasteiger partial charge in [0.1, 0.15) is 5.03 Å². The highest BCUT2D eigenvalue weighted by atomic mass is 32.2. The molecule has 0 bridgehead atoms. The van der Waals surface area contributed by atoms with Crippen molar-refractivity contribution in [2.45, 2.75) is 11.4 Å². The van der Waals surface area contributed by atoms with Crippen LogP contribution >= 0.6 is 11.8 Å². The summed E-state index contributed by atoms with van der Waals surface area (Å²) in [4.78, 5) is 7.77. The molecule has 1 aromatic heterocycles. The van der Waals surface area contributed by atoms with Gasteiger partial charge in [0, 0.05) is 18.6 Å². The summed E-state index contributed by atoms with van der Waals surface area (Å²) >= 11 is 1.57. The molecular formula is C7H11N3OS. The molecule has 0 aliphatic rings. The van der Waals surface area contributed by atoms with Crippen LogP contribution in [0.1, 0.15) is 6.42 Å². The van der Waals surface area contributed by atoms with Crippen LogP contribution < -0.4 is 5.73 Å². The number of anilines is 1. The summed E-state index contributed by atoms with van der Waals surface area (Å²) in [5.74, 6) is 1.15. The van der Waals surface area contributed by atoms with E-state index in [0.717, 1.165) is 17.2 Å². The van der Waals surface area contributed by atoms with Crippen molar-refractivity contribution >= 4 is 17.7 Å². The van der Waals surface area contributed by atoms with Crippen LogP contribution in [-0.4, -0.2) is 27.4 Å². The fraction of sp³-hybridized carbons (Fsp3) is 0.429. The first kappa shape index (κ1) is 9.28. The van der Waals surface area contributed by atoms with Crippen LogP contribution in [0.4, 0.5) is 5.95 Å². The molecule has 0 amide bonds. The number of aliphatic hydroxyl groups is 1. The summed E-state index contributed by atoms with van der Waals surface area (Å²) < 4.78 is 0. The van der Waals surface area contributed by atoms with Crippen LogP contribution in [0.15, 0.2) is 17.3 Å². The van der Waals surface area contributed by atoms with E-state index >= 15 is 0 Å². The van der Waals surface area contributed by atoms with Crippen molar-refractivity contribution < 1.29 is 5.11 Å². The largest absolute Gasteiger partial charge is 0.396 e. The number of aliphatic hydroxyl groups excluding tert-OH is 1. The van der Waals surface area contributed by atoms with Crippen LogP contribution in [-0.2, 0) is 0 Å². The molecule has 0 spiro atoms. The average molecular weight is 185 g/mol. The molecule has 0 fully saturated rings. The molecule has 0 saturated carbocycles. The van der Waals surface area contributed by atoms with Crippen molar-refractivity contribution in [3.8, 4) is 0 Å². The van der Waals surface area contributed by atoms with Gasteiger partial charge in [0.2, 0.25) is 5.95 Å². The molecule has 66 valence electrons. The third-order valence-corrected chi connectivity index (χ3v) is 2.22. The van der Waals surface area contributed by atoms with E-state index < -0.39 is 0 Å². The minimum absolute atomic E-state index is 0.216.